The smallest absolute Gasteiger partial charge is 0.269 e. The molecule has 4 heterocycles. The van der Waals surface area contributed by atoms with Gasteiger partial charge in [-0.2, -0.15) is 0 Å². The number of aromatic nitrogens is 2. The standard InChI is InChI=1S/C18H20FN5O2/c1-2-16-17(19)18(21-11-20-16)22-9-14-7-15(10-22)23(14)8-12-4-3-5-13(6-12)24(25)26/h3-6,11,14-15H,2,7-10H2,1H3. The number of nitro groups is 1. The van der Waals surface area contributed by atoms with Crippen LogP contribution in [-0.4, -0.2) is 45.0 Å². The van der Waals surface area contributed by atoms with Gasteiger partial charge in [0.1, 0.15) is 6.33 Å². The first-order valence-corrected chi connectivity index (χ1v) is 8.80. The Morgan fingerprint density at radius 3 is 2.77 bits per heavy atom. The minimum Gasteiger partial charge on any atom is -0.351 e. The van der Waals surface area contributed by atoms with Crippen molar-refractivity contribution < 1.29 is 9.31 Å². The number of rotatable bonds is 5. The van der Waals surface area contributed by atoms with E-state index < -0.39 is 0 Å². The van der Waals surface area contributed by atoms with E-state index in [1.807, 2.05) is 17.9 Å². The highest BCUT2D eigenvalue weighted by atomic mass is 19.1. The second kappa shape index (κ2) is 6.60. The van der Waals surface area contributed by atoms with Crippen LogP contribution in [0.4, 0.5) is 15.9 Å². The summed E-state index contributed by atoms with van der Waals surface area (Å²) in [5.41, 5.74) is 1.50. The molecular weight excluding hydrogens is 337 g/mol. The molecule has 2 atom stereocenters. The molecule has 0 radical (unpaired) electrons. The summed E-state index contributed by atoms with van der Waals surface area (Å²) in [5.74, 6) is 0.0723. The van der Waals surface area contributed by atoms with Gasteiger partial charge in [-0.05, 0) is 18.4 Å². The van der Waals surface area contributed by atoms with Crippen molar-refractivity contribution in [3.63, 3.8) is 0 Å². The van der Waals surface area contributed by atoms with Crippen molar-refractivity contribution in [2.24, 2.45) is 0 Å². The summed E-state index contributed by atoms with van der Waals surface area (Å²) in [7, 11) is 0. The number of fused-ring (bicyclic) bond motifs is 2. The summed E-state index contributed by atoms with van der Waals surface area (Å²) >= 11 is 0. The molecule has 1 aromatic heterocycles. The van der Waals surface area contributed by atoms with Gasteiger partial charge in [-0.15, -0.1) is 0 Å². The van der Waals surface area contributed by atoms with E-state index in [9.17, 15) is 14.5 Å². The zero-order chi connectivity index (χ0) is 18.3. The van der Waals surface area contributed by atoms with Crippen molar-refractivity contribution >= 4 is 11.5 Å². The van der Waals surface area contributed by atoms with Gasteiger partial charge in [0.15, 0.2) is 11.6 Å². The van der Waals surface area contributed by atoms with Gasteiger partial charge >= 0.3 is 0 Å². The Hall–Kier alpha value is -2.61. The van der Waals surface area contributed by atoms with Crippen LogP contribution >= 0.6 is 0 Å². The first-order chi connectivity index (χ1) is 12.6. The van der Waals surface area contributed by atoms with E-state index in [0.717, 1.165) is 12.0 Å². The number of nitro benzene ring substituents is 1. The van der Waals surface area contributed by atoms with Crippen molar-refractivity contribution in [1.82, 2.24) is 14.9 Å². The summed E-state index contributed by atoms with van der Waals surface area (Å²) in [4.78, 5) is 23.1. The molecule has 0 amide bonds. The fourth-order valence-corrected chi connectivity index (χ4v) is 3.96. The van der Waals surface area contributed by atoms with Crippen LogP contribution in [0.3, 0.4) is 0 Å². The second-order valence-corrected chi connectivity index (χ2v) is 6.86. The fourth-order valence-electron chi connectivity index (χ4n) is 3.96. The molecule has 3 aliphatic heterocycles. The van der Waals surface area contributed by atoms with E-state index in [4.69, 9.17) is 0 Å². The van der Waals surface area contributed by atoms with E-state index in [1.54, 1.807) is 12.1 Å². The lowest BCUT2D eigenvalue weighted by atomic mass is 9.86. The van der Waals surface area contributed by atoms with Gasteiger partial charge in [-0.1, -0.05) is 19.1 Å². The third-order valence-corrected chi connectivity index (χ3v) is 5.31. The SMILES string of the molecule is CCc1ncnc(N2CC3CC(C2)N3Cc2cccc([N+](=O)[O-])c2)c1F. The molecule has 26 heavy (non-hydrogen) atoms. The normalized spacial score (nSPS) is 22.2. The van der Waals surface area contributed by atoms with Crippen molar-refractivity contribution in [3.8, 4) is 0 Å². The predicted octanol–water partition coefficient (Wildman–Crippen LogP) is 2.55. The molecule has 2 bridgehead atoms. The average Bonchev–Trinajstić information content (AvgIpc) is 2.66. The number of hydrogen-bond acceptors (Lipinski definition) is 6. The molecule has 0 spiro atoms. The number of piperazine rings is 1. The molecule has 2 unspecified atom stereocenters. The van der Waals surface area contributed by atoms with Gasteiger partial charge in [0.25, 0.3) is 5.69 Å². The van der Waals surface area contributed by atoms with Gasteiger partial charge in [0, 0.05) is 43.9 Å². The molecule has 1 aromatic carbocycles. The van der Waals surface area contributed by atoms with E-state index in [-0.39, 0.29) is 16.4 Å². The van der Waals surface area contributed by atoms with Crippen LogP contribution in [0.25, 0.3) is 0 Å². The van der Waals surface area contributed by atoms with Gasteiger partial charge in [0.05, 0.1) is 10.6 Å². The van der Waals surface area contributed by atoms with Gasteiger partial charge in [-0.25, -0.2) is 14.4 Å². The lowest BCUT2D eigenvalue weighted by molar-refractivity contribution is -0.384. The molecule has 3 saturated heterocycles. The van der Waals surface area contributed by atoms with Crippen molar-refractivity contribution in [2.45, 2.75) is 38.4 Å². The molecule has 5 rings (SSSR count). The largest absolute Gasteiger partial charge is 0.351 e. The van der Waals surface area contributed by atoms with E-state index >= 15 is 0 Å². The maximum atomic E-state index is 14.5. The highest BCUT2D eigenvalue weighted by molar-refractivity contribution is 5.44. The van der Waals surface area contributed by atoms with Crippen LogP contribution < -0.4 is 4.90 Å². The summed E-state index contributed by atoms with van der Waals surface area (Å²) in [6.07, 6.45) is 3.04. The Bertz CT molecular complexity index is 834. The topological polar surface area (TPSA) is 75.4 Å². The van der Waals surface area contributed by atoms with E-state index in [1.165, 1.54) is 12.4 Å². The zero-order valence-corrected chi connectivity index (χ0v) is 14.5. The monoisotopic (exact) mass is 357 g/mol. The number of halogens is 1. The molecular formula is C18H20FN5O2. The molecule has 136 valence electrons. The number of hydrogen-bond donors (Lipinski definition) is 0. The van der Waals surface area contributed by atoms with E-state index in [2.05, 4.69) is 14.9 Å². The quantitative estimate of drug-likeness (QED) is 0.605. The van der Waals surface area contributed by atoms with Gasteiger partial charge in [-0.3, -0.25) is 15.0 Å². The molecule has 2 aromatic rings. The van der Waals surface area contributed by atoms with Crippen molar-refractivity contribution in [2.75, 3.05) is 18.0 Å². The molecule has 3 fully saturated rings. The van der Waals surface area contributed by atoms with Crippen LogP contribution in [0.1, 0.15) is 24.6 Å². The van der Waals surface area contributed by atoms with Crippen LogP contribution in [0.2, 0.25) is 0 Å². The summed E-state index contributed by atoms with van der Waals surface area (Å²) in [6.45, 7) is 3.98. The lowest BCUT2D eigenvalue weighted by Crippen LogP contribution is -2.68. The summed E-state index contributed by atoms with van der Waals surface area (Å²) in [6, 6.07) is 7.39. The Kier molecular flexibility index (Phi) is 4.28. The Labute approximate surface area is 150 Å². The minimum atomic E-state index is -0.370. The van der Waals surface area contributed by atoms with Crippen molar-refractivity contribution in [1.29, 1.82) is 0 Å². The third-order valence-electron chi connectivity index (χ3n) is 5.31. The Morgan fingerprint density at radius 1 is 1.31 bits per heavy atom. The number of aryl methyl sites for hydroxylation is 1. The lowest BCUT2D eigenvalue weighted by Gasteiger charge is -2.56. The molecule has 0 saturated carbocycles. The number of benzene rings is 1. The molecule has 8 heteroatoms. The van der Waals surface area contributed by atoms with Gasteiger partial charge < -0.3 is 4.90 Å². The molecule has 3 aliphatic rings. The predicted molar refractivity (Wildman–Crippen MR) is 94.4 cm³/mol. The maximum Gasteiger partial charge on any atom is 0.269 e. The second-order valence-electron chi connectivity index (χ2n) is 6.86. The Balaban J connectivity index is 1.46. The minimum absolute atomic E-state index is 0.116. The number of nitrogens with zero attached hydrogens (tertiary/aromatic N) is 5. The Morgan fingerprint density at radius 2 is 2.08 bits per heavy atom. The maximum absolute atomic E-state index is 14.5. The number of piperidine rings is 1. The number of anilines is 1. The third kappa shape index (κ3) is 2.90. The van der Waals surface area contributed by atoms with Crippen LogP contribution in [0.15, 0.2) is 30.6 Å². The molecule has 0 aliphatic carbocycles. The highest BCUT2D eigenvalue weighted by Gasteiger charge is 2.45. The fraction of sp³-hybridized carbons (Fsp3) is 0.444. The van der Waals surface area contributed by atoms with Crippen LogP contribution in [-0.2, 0) is 13.0 Å². The summed E-state index contributed by atoms with van der Waals surface area (Å²) in [5, 5.41) is 10.9. The number of non-ortho nitro benzene ring substituents is 1. The molecule has 7 nitrogen and oxygen atoms in total. The van der Waals surface area contributed by atoms with Gasteiger partial charge in [0.2, 0.25) is 0 Å². The highest BCUT2D eigenvalue weighted by Crippen LogP contribution is 2.36. The molecule has 0 N–H and O–H groups in total. The summed E-state index contributed by atoms with van der Waals surface area (Å²) < 4.78 is 14.5. The van der Waals surface area contributed by atoms with Crippen LogP contribution in [0.5, 0.6) is 0 Å². The average molecular weight is 357 g/mol. The van der Waals surface area contributed by atoms with Crippen molar-refractivity contribution in [3.05, 3.63) is 57.8 Å². The first-order valence-electron chi connectivity index (χ1n) is 8.80. The first kappa shape index (κ1) is 16.8. The van der Waals surface area contributed by atoms with Crippen LogP contribution in [0, 0.1) is 15.9 Å². The zero-order valence-electron chi connectivity index (χ0n) is 14.5. The van der Waals surface area contributed by atoms with E-state index in [0.29, 0.717) is 49.7 Å².